The van der Waals surface area contributed by atoms with Crippen LogP contribution < -0.4 is 15.4 Å². The molecule has 0 spiro atoms. The van der Waals surface area contributed by atoms with Crippen molar-refractivity contribution < 1.29 is 27.5 Å². The first kappa shape index (κ1) is 26.5. The van der Waals surface area contributed by atoms with Crippen LogP contribution in [-0.2, 0) is 0 Å². The van der Waals surface area contributed by atoms with Crippen LogP contribution in [-0.4, -0.2) is 45.4 Å². The second kappa shape index (κ2) is 11.2. The van der Waals surface area contributed by atoms with Crippen LogP contribution in [0.2, 0.25) is 5.02 Å². The van der Waals surface area contributed by atoms with Crippen LogP contribution in [0, 0.1) is 6.92 Å². The van der Waals surface area contributed by atoms with Crippen molar-refractivity contribution in [2.75, 3.05) is 11.9 Å². The van der Waals surface area contributed by atoms with Crippen molar-refractivity contribution in [2.45, 2.75) is 51.2 Å². The number of nitrogens with zero attached hydrogens (tertiary/aromatic N) is 3. The number of hydrogen-bond acceptors (Lipinski definition) is 5. The number of halogens is 4. The summed E-state index contributed by atoms with van der Waals surface area (Å²) in [6, 6.07) is 9.22. The van der Waals surface area contributed by atoms with Gasteiger partial charge in [0.2, 0.25) is 5.88 Å². The quantitative estimate of drug-likeness (QED) is 0.417. The first-order chi connectivity index (χ1) is 17.6. The Morgan fingerprint density at radius 3 is 2.59 bits per heavy atom. The highest BCUT2D eigenvalue weighted by Gasteiger charge is 2.30. The number of alkyl halides is 3. The van der Waals surface area contributed by atoms with Crippen molar-refractivity contribution >= 4 is 29.1 Å². The molecule has 0 unspecified atom stereocenters. The van der Waals surface area contributed by atoms with Gasteiger partial charge >= 0.3 is 6.18 Å². The Hall–Kier alpha value is -3.60. The zero-order valence-electron chi connectivity index (χ0n) is 19.9. The van der Waals surface area contributed by atoms with Gasteiger partial charge in [0.05, 0.1) is 16.3 Å². The lowest BCUT2D eigenvalue weighted by atomic mass is 9.95. The SMILES string of the molecule is Cc1cccc(C(=O)NC2CCCCC2)c1NC(=O)c1cc(OCC(F)(F)F)nn1-c1ncccc1Cl. The lowest BCUT2D eigenvalue weighted by Gasteiger charge is -2.23. The molecule has 2 heterocycles. The van der Waals surface area contributed by atoms with E-state index in [1.54, 1.807) is 31.2 Å². The van der Waals surface area contributed by atoms with Gasteiger partial charge in [0.25, 0.3) is 11.8 Å². The number of carbonyl (C=O) groups is 2. The van der Waals surface area contributed by atoms with Crippen LogP contribution in [0.25, 0.3) is 5.82 Å². The molecule has 0 radical (unpaired) electrons. The Morgan fingerprint density at radius 1 is 1.14 bits per heavy atom. The van der Waals surface area contributed by atoms with Crippen molar-refractivity contribution in [3.63, 3.8) is 0 Å². The summed E-state index contributed by atoms with van der Waals surface area (Å²) in [5, 5.41) is 9.84. The van der Waals surface area contributed by atoms with Gasteiger partial charge in [0.1, 0.15) is 5.69 Å². The average molecular weight is 536 g/mol. The van der Waals surface area contributed by atoms with Crippen LogP contribution in [0.3, 0.4) is 0 Å². The standard InChI is InChI=1S/C25H25ClF3N5O3/c1-15-7-5-10-17(23(35)31-16-8-3-2-4-9-16)21(15)32-24(36)19-13-20(37-14-25(27,28)29)33-34(19)22-18(26)11-6-12-30-22/h5-7,10-13,16H,2-4,8-9,14H2,1H3,(H,31,35)(H,32,36). The molecular formula is C25H25ClF3N5O3. The molecule has 1 fully saturated rings. The Bertz CT molecular complexity index is 1290. The van der Waals surface area contributed by atoms with Crippen molar-refractivity contribution in [1.29, 1.82) is 0 Å². The summed E-state index contributed by atoms with van der Waals surface area (Å²) < 4.78 is 43.9. The number of ether oxygens (including phenoxy) is 1. The highest BCUT2D eigenvalue weighted by Crippen LogP contribution is 2.27. The Kier molecular flexibility index (Phi) is 8.01. The van der Waals surface area contributed by atoms with Gasteiger partial charge in [-0.3, -0.25) is 9.59 Å². The van der Waals surface area contributed by atoms with E-state index in [0.717, 1.165) is 42.9 Å². The first-order valence-corrected chi connectivity index (χ1v) is 12.1. The molecule has 0 atom stereocenters. The molecule has 3 aromatic rings. The highest BCUT2D eigenvalue weighted by atomic mass is 35.5. The number of benzene rings is 1. The van der Waals surface area contributed by atoms with Gasteiger partial charge in [-0.1, -0.05) is 43.0 Å². The van der Waals surface area contributed by atoms with Gasteiger partial charge in [-0.25, -0.2) is 9.67 Å². The first-order valence-electron chi connectivity index (χ1n) is 11.7. The number of hydrogen-bond donors (Lipinski definition) is 2. The number of anilines is 1. The summed E-state index contributed by atoms with van der Waals surface area (Å²) in [6.45, 7) is 0.141. The van der Waals surface area contributed by atoms with E-state index in [2.05, 4.69) is 20.7 Å². The van der Waals surface area contributed by atoms with Crippen LogP contribution in [0.15, 0.2) is 42.6 Å². The average Bonchev–Trinajstić information content (AvgIpc) is 3.29. The van der Waals surface area contributed by atoms with Crippen molar-refractivity contribution in [2.24, 2.45) is 0 Å². The molecule has 2 N–H and O–H groups in total. The fourth-order valence-electron chi connectivity index (χ4n) is 4.15. The van der Waals surface area contributed by atoms with Crippen LogP contribution in [0.5, 0.6) is 5.88 Å². The summed E-state index contributed by atoms with van der Waals surface area (Å²) >= 11 is 6.21. The van der Waals surface area contributed by atoms with E-state index in [1.807, 2.05) is 0 Å². The molecule has 4 rings (SSSR count). The van der Waals surface area contributed by atoms with E-state index in [9.17, 15) is 22.8 Å². The van der Waals surface area contributed by atoms with Crippen molar-refractivity contribution in [1.82, 2.24) is 20.1 Å². The molecule has 0 aliphatic heterocycles. The molecule has 1 saturated carbocycles. The third-order valence-electron chi connectivity index (χ3n) is 5.94. The smallest absolute Gasteiger partial charge is 0.422 e. The summed E-state index contributed by atoms with van der Waals surface area (Å²) in [4.78, 5) is 30.6. The predicted octanol–water partition coefficient (Wildman–Crippen LogP) is 5.49. The number of amides is 2. The number of pyridine rings is 1. The predicted molar refractivity (Wildman–Crippen MR) is 131 cm³/mol. The molecule has 12 heteroatoms. The van der Waals surface area contributed by atoms with Gasteiger partial charge in [0.15, 0.2) is 12.4 Å². The Labute approximate surface area is 216 Å². The molecule has 1 aliphatic rings. The molecule has 1 aliphatic carbocycles. The van der Waals surface area contributed by atoms with Gasteiger partial charge in [-0.2, -0.15) is 13.2 Å². The van der Waals surface area contributed by atoms with E-state index >= 15 is 0 Å². The van der Waals surface area contributed by atoms with E-state index in [-0.39, 0.29) is 39.7 Å². The summed E-state index contributed by atoms with van der Waals surface area (Å²) in [5.74, 6) is -1.47. The number of para-hydroxylation sites is 1. The van der Waals surface area contributed by atoms with Gasteiger partial charge < -0.3 is 15.4 Å². The number of rotatable bonds is 7. The van der Waals surface area contributed by atoms with Gasteiger partial charge in [-0.15, -0.1) is 5.10 Å². The molecule has 2 amide bonds. The number of aryl methyl sites for hydroxylation is 1. The summed E-state index contributed by atoms with van der Waals surface area (Å²) in [6.07, 6.45) is 1.81. The maximum Gasteiger partial charge on any atom is 0.422 e. The fourth-order valence-corrected chi connectivity index (χ4v) is 4.35. The molecule has 1 aromatic carbocycles. The molecule has 8 nitrogen and oxygen atoms in total. The minimum absolute atomic E-state index is 0.0243. The van der Waals surface area contributed by atoms with E-state index < -0.39 is 24.6 Å². The molecule has 196 valence electrons. The highest BCUT2D eigenvalue weighted by molar-refractivity contribution is 6.32. The largest absolute Gasteiger partial charge is 0.467 e. The van der Waals surface area contributed by atoms with E-state index in [0.29, 0.717) is 5.56 Å². The number of aromatic nitrogens is 3. The minimum atomic E-state index is -4.60. The lowest BCUT2D eigenvalue weighted by molar-refractivity contribution is -0.154. The maximum atomic E-state index is 13.4. The van der Waals surface area contributed by atoms with Crippen molar-refractivity contribution in [3.8, 4) is 11.7 Å². The zero-order valence-corrected chi connectivity index (χ0v) is 20.7. The topological polar surface area (TPSA) is 98.1 Å². The van der Waals surface area contributed by atoms with Crippen LogP contribution in [0.1, 0.15) is 58.5 Å². The fraction of sp³-hybridized carbons (Fsp3) is 0.360. The van der Waals surface area contributed by atoms with Crippen molar-refractivity contribution in [3.05, 3.63) is 64.4 Å². The molecule has 0 saturated heterocycles. The molecular weight excluding hydrogens is 511 g/mol. The minimum Gasteiger partial charge on any atom is -0.467 e. The van der Waals surface area contributed by atoms with Crippen LogP contribution in [0.4, 0.5) is 18.9 Å². The second-order valence-corrected chi connectivity index (χ2v) is 9.16. The van der Waals surface area contributed by atoms with E-state index in [4.69, 9.17) is 16.3 Å². The molecule has 2 aromatic heterocycles. The van der Waals surface area contributed by atoms with Gasteiger partial charge in [0, 0.05) is 18.3 Å². The Balaban J connectivity index is 1.64. The molecule has 0 bridgehead atoms. The zero-order chi connectivity index (χ0) is 26.6. The third kappa shape index (κ3) is 6.59. The van der Waals surface area contributed by atoms with Crippen LogP contribution >= 0.6 is 11.6 Å². The summed E-state index contributed by atoms with van der Waals surface area (Å²) in [7, 11) is 0. The monoisotopic (exact) mass is 535 g/mol. The number of carbonyl (C=O) groups excluding carboxylic acids is 2. The third-order valence-corrected chi connectivity index (χ3v) is 6.23. The molecule has 37 heavy (non-hydrogen) atoms. The number of nitrogens with one attached hydrogen (secondary N) is 2. The second-order valence-electron chi connectivity index (χ2n) is 8.75. The lowest BCUT2D eigenvalue weighted by Crippen LogP contribution is -2.36. The maximum absolute atomic E-state index is 13.4. The van der Waals surface area contributed by atoms with E-state index in [1.165, 1.54) is 12.3 Å². The van der Waals surface area contributed by atoms with Gasteiger partial charge in [-0.05, 0) is 43.5 Å². The Morgan fingerprint density at radius 2 is 1.89 bits per heavy atom. The summed E-state index contributed by atoms with van der Waals surface area (Å²) in [5.41, 5.74) is 0.993. The normalized spacial score (nSPS) is 14.3.